The number of rotatable bonds is 0. The molecule has 0 N–H and O–H groups in total. The van der Waals surface area contributed by atoms with Crippen molar-refractivity contribution in [3.05, 3.63) is 0 Å². The van der Waals surface area contributed by atoms with Gasteiger partial charge < -0.3 is 9.80 Å². The van der Waals surface area contributed by atoms with Crippen LogP contribution in [0.4, 0.5) is 0 Å². The summed E-state index contributed by atoms with van der Waals surface area (Å²) in [4.78, 5) is 5.87. The van der Waals surface area contributed by atoms with E-state index in [2.05, 4.69) is 9.80 Å². The lowest BCUT2D eigenvalue weighted by molar-refractivity contribution is 0.0185. The first-order chi connectivity index (χ1) is 16.9. The van der Waals surface area contributed by atoms with E-state index in [-0.39, 0.29) is 0 Å². The molecule has 5 saturated heterocycles. The van der Waals surface area contributed by atoms with E-state index in [0.29, 0.717) is 0 Å². The summed E-state index contributed by atoms with van der Waals surface area (Å²) in [6, 6.07) is 0. The van der Waals surface area contributed by atoms with Crippen molar-refractivity contribution < 1.29 is 0 Å². The van der Waals surface area contributed by atoms with E-state index in [9.17, 15) is 0 Å². The van der Waals surface area contributed by atoms with Crippen LogP contribution in [0, 0.1) is 23.7 Å². The minimum atomic E-state index is 0.991. The summed E-state index contributed by atoms with van der Waals surface area (Å²) in [5, 5.41) is 0. The minimum Gasteiger partial charge on any atom is -0.303 e. The summed E-state index contributed by atoms with van der Waals surface area (Å²) in [6.45, 7) is 8.50. The quantitative estimate of drug-likeness (QED) is 0.348. The molecule has 0 aromatic heterocycles. The Bertz CT molecular complexity index is 505. The van der Waals surface area contributed by atoms with Gasteiger partial charge in [0.1, 0.15) is 0 Å². The summed E-state index contributed by atoms with van der Waals surface area (Å²) in [5.74, 6) is 4.01. The molecule has 198 valence electrons. The number of hydrogen-bond donors (Lipinski definition) is 0. The van der Waals surface area contributed by atoms with Gasteiger partial charge in [-0.3, -0.25) is 0 Å². The maximum atomic E-state index is 2.97. The summed E-state index contributed by atoms with van der Waals surface area (Å²) in [6.07, 6.45) is 33.0. The second-order valence-electron chi connectivity index (χ2n) is 13.1. The van der Waals surface area contributed by atoms with Crippen molar-refractivity contribution in [3.8, 4) is 0 Å². The molecule has 5 aliphatic heterocycles. The molecule has 0 aromatic rings. The second-order valence-corrected chi connectivity index (χ2v) is 13.1. The molecular weight excluding hydrogens is 412 g/mol. The zero-order valence-corrected chi connectivity index (χ0v) is 23.0. The molecule has 34 heavy (non-hydrogen) atoms. The first-order valence-electron chi connectivity index (χ1n) is 16.3. The Morgan fingerprint density at radius 2 is 0.853 bits per heavy atom. The largest absolute Gasteiger partial charge is 0.303 e. The average Bonchev–Trinajstić information content (AvgIpc) is 2.85. The Morgan fingerprint density at radius 3 is 1.50 bits per heavy atom. The molecule has 0 saturated carbocycles. The first kappa shape index (κ1) is 27.0. The monoisotopic (exact) mass is 472 g/mol. The molecule has 6 atom stereocenters. The number of fused-ring (bicyclic) bond motifs is 11. The van der Waals surface area contributed by atoms with Crippen LogP contribution < -0.4 is 0 Å². The molecule has 5 fully saturated rings. The van der Waals surface area contributed by atoms with E-state index >= 15 is 0 Å². The van der Waals surface area contributed by atoms with Crippen LogP contribution in [0.15, 0.2) is 0 Å². The molecule has 2 nitrogen and oxygen atoms in total. The van der Waals surface area contributed by atoms with Crippen LogP contribution in [0.3, 0.4) is 0 Å². The Hall–Kier alpha value is -0.0800. The summed E-state index contributed by atoms with van der Waals surface area (Å²) in [7, 11) is 0. The molecule has 2 unspecified atom stereocenters. The van der Waals surface area contributed by atoms with Crippen molar-refractivity contribution in [1.29, 1.82) is 0 Å². The van der Waals surface area contributed by atoms with E-state index in [1.165, 1.54) is 174 Å². The molecule has 0 aliphatic carbocycles. The van der Waals surface area contributed by atoms with Crippen molar-refractivity contribution in [3.63, 3.8) is 0 Å². The van der Waals surface area contributed by atoms with Gasteiger partial charge in [0.2, 0.25) is 0 Å². The Labute approximate surface area is 214 Å². The predicted octanol–water partition coefficient (Wildman–Crippen LogP) is 8.69. The van der Waals surface area contributed by atoms with Crippen LogP contribution in [0.5, 0.6) is 0 Å². The van der Waals surface area contributed by atoms with Crippen molar-refractivity contribution in [2.24, 2.45) is 23.7 Å². The molecule has 0 radical (unpaired) electrons. The lowest BCUT2D eigenvalue weighted by Crippen LogP contribution is -2.49. The summed E-state index contributed by atoms with van der Waals surface area (Å²) < 4.78 is 0. The topological polar surface area (TPSA) is 6.48 Å². The molecule has 5 aliphatic rings. The third kappa shape index (κ3) is 9.42. The highest BCUT2D eigenvalue weighted by atomic mass is 15.1. The van der Waals surface area contributed by atoms with Crippen molar-refractivity contribution in [2.75, 3.05) is 39.3 Å². The van der Waals surface area contributed by atoms with Gasteiger partial charge >= 0.3 is 0 Å². The minimum absolute atomic E-state index is 0.991. The van der Waals surface area contributed by atoms with E-state index in [1.54, 1.807) is 6.42 Å². The van der Waals surface area contributed by atoms with Gasteiger partial charge in [0, 0.05) is 19.6 Å². The highest BCUT2D eigenvalue weighted by Gasteiger charge is 2.38. The van der Waals surface area contributed by atoms with E-state index in [4.69, 9.17) is 0 Å². The lowest BCUT2D eigenvalue weighted by Gasteiger charge is -2.47. The Kier molecular flexibility index (Phi) is 12.6. The van der Waals surface area contributed by atoms with Gasteiger partial charge in [-0.05, 0) is 81.8 Å². The van der Waals surface area contributed by atoms with Gasteiger partial charge in [-0.2, -0.15) is 0 Å². The third-order valence-corrected chi connectivity index (χ3v) is 10.3. The number of piperidine rings is 2. The van der Waals surface area contributed by atoms with Crippen LogP contribution in [0.25, 0.3) is 0 Å². The van der Waals surface area contributed by atoms with Crippen molar-refractivity contribution >= 4 is 0 Å². The van der Waals surface area contributed by atoms with Crippen LogP contribution in [-0.4, -0.2) is 49.1 Å². The molecule has 2 heteroatoms. The van der Waals surface area contributed by atoms with Gasteiger partial charge in [-0.25, -0.2) is 0 Å². The summed E-state index contributed by atoms with van der Waals surface area (Å²) >= 11 is 0. The second kappa shape index (κ2) is 15.9. The van der Waals surface area contributed by atoms with Gasteiger partial charge in [0.25, 0.3) is 0 Å². The van der Waals surface area contributed by atoms with Crippen LogP contribution >= 0.6 is 0 Å². The van der Waals surface area contributed by atoms with Gasteiger partial charge in [0.15, 0.2) is 0 Å². The molecule has 5 rings (SSSR count). The third-order valence-electron chi connectivity index (χ3n) is 10.3. The smallest absolute Gasteiger partial charge is 0.00127 e. The number of nitrogens with zero attached hydrogens (tertiary/aromatic N) is 2. The Balaban J connectivity index is 1.44. The molecule has 6 bridgehead atoms. The highest BCUT2D eigenvalue weighted by molar-refractivity contribution is 4.90. The SMILES string of the molecule is C1CCCCCCN2C[C@@H]3CCCCCCCCCCN4CC[C@@H]([C@H](CCCCC1)C4)[C@H](C3)C2. The summed E-state index contributed by atoms with van der Waals surface area (Å²) in [5.41, 5.74) is 0. The standard InChI is InChI=1S/C32H60N2/c1-2-5-10-14-18-23-34-26-29-19-15-11-7-4-6-9-13-17-22-33-24-21-32(31(25-29)28-34)30(27-33)20-16-12-8-3-1/h29-32H,1-28H2/t29-,30-,31-,32+/m1/s1. The van der Waals surface area contributed by atoms with E-state index < -0.39 is 0 Å². The fourth-order valence-electron chi connectivity index (χ4n) is 8.29. The van der Waals surface area contributed by atoms with Gasteiger partial charge in [-0.1, -0.05) is 103 Å². The molecular formula is C32H60N2. The maximum Gasteiger partial charge on any atom is 0.00127 e. The van der Waals surface area contributed by atoms with Crippen LogP contribution in [-0.2, 0) is 0 Å². The first-order valence-corrected chi connectivity index (χ1v) is 16.3. The van der Waals surface area contributed by atoms with Crippen molar-refractivity contribution in [1.82, 2.24) is 9.80 Å². The number of hydrogen-bond acceptors (Lipinski definition) is 2. The zero-order valence-electron chi connectivity index (χ0n) is 23.0. The Morgan fingerprint density at radius 1 is 0.353 bits per heavy atom. The fourth-order valence-corrected chi connectivity index (χ4v) is 8.29. The van der Waals surface area contributed by atoms with Crippen LogP contribution in [0.1, 0.15) is 141 Å². The molecule has 5 heterocycles. The molecule has 0 aromatic carbocycles. The van der Waals surface area contributed by atoms with E-state index in [0.717, 1.165) is 23.7 Å². The average molecular weight is 473 g/mol. The van der Waals surface area contributed by atoms with Gasteiger partial charge in [-0.15, -0.1) is 0 Å². The molecule has 0 amide bonds. The highest BCUT2D eigenvalue weighted by Crippen LogP contribution is 2.40. The van der Waals surface area contributed by atoms with Gasteiger partial charge in [0.05, 0.1) is 0 Å². The lowest BCUT2D eigenvalue weighted by atomic mass is 9.69. The predicted molar refractivity (Wildman–Crippen MR) is 148 cm³/mol. The zero-order chi connectivity index (χ0) is 23.3. The van der Waals surface area contributed by atoms with Crippen LogP contribution in [0.2, 0.25) is 0 Å². The molecule has 0 spiro atoms. The fraction of sp³-hybridized carbons (Fsp3) is 1.00. The van der Waals surface area contributed by atoms with Crippen molar-refractivity contribution in [2.45, 2.75) is 141 Å². The van der Waals surface area contributed by atoms with E-state index in [1.807, 2.05) is 0 Å². The normalized spacial score (nSPS) is 38.8. The maximum absolute atomic E-state index is 2.97.